The first-order chi connectivity index (χ1) is 17.9. The number of carbonyl (C=O) groups is 1. The number of ether oxygens (including phenoxy) is 3. The number of carbonyl (C=O) groups excluding carboxylic acids is 1. The number of guanidine groups is 1. The van der Waals surface area contributed by atoms with Crippen molar-refractivity contribution in [2.45, 2.75) is 44.9 Å². The number of aromatic amines is 1. The number of hydrogen-bond donors (Lipinski definition) is 2. The number of nitrogens with one attached hydrogen (secondary N) is 2. The van der Waals surface area contributed by atoms with E-state index in [0.29, 0.717) is 38.2 Å². The second kappa shape index (κ2) is 10.6. The number of H-pyrrole nitrogens is 1. The molecule has 5 rings (SSSR count). The Morgan fingerprint density at radius 2 is 2.14 bits per heavy atom. The summed E-state index contributed by atoms with van der Waals surface area (Å²) in [4.78, 5) is 30.9. The third-order valence-corrected chi connectivity index (χ3v) is 7.19. The first kappa shape index (κ1) is 25.4. The van der Waals surface area contributed by atoms with Gasteiger partial charge >= 0.3 is 6.02 Å². The van der Waals surface area contributed by atoms with E-state index >= 15 is 0 Å². The summed E-state index contributed by atoms with van der Waals surface area (Å²) in [5, 5.41) is 11.7. The van der Waals surface area contributed by atoms with Crippen LogP contribution in [0.2, 0.25) is 0 Å². The molecule has 0 aromatic carbocycles. The summed E-state index contributed by atoms with van der Waals surface area (Å²) in [5.41, 5.74) is 1.84. The lowest BCUT2D eigenvalue weighted by atomic mass is 9.89. The number of hydrogen-bond acceptors (Lipinski definition) is 10. The van der Waals surface area contributed by atoms with Crippen molar-refractivity contribution in [3.05, 3.63) is 24.0 Å². The van der Waals surface area contributed by atoms with Crippen LogP contribution in [0, 0.1) is 5.41 Å². The molecule has 3 aliphatic heterocycles. The molecule has 0 radical (unpaired) electrons. The predicted octanol–water partition coefficient (Wildman–Crippen LogP) is 1.33. The van der Waals surface area contributed by atoms with Crippen molar-refractivity contribution < 1.29 is 19.0 Å². The molecule has 2 aromatic rings. The first-order valence-corrected chi connectivity index (χ1v) is 12.8. The van der Waals surface area contributed by atoms with E-state index in [-0.39, 0.29) is 23.4 Å². The van der Waals surface area contributed by atoms with Gasteiger partial charge in [0.1, 0.15) is 6.10 Å². The van der Waals surface area contributed by atoms with Crippen molar-refractivity contribution in [1.29, 1.82) is 0 Å². The second-order valence-corrected chi connectivity index (χ2v) is 10.5. The highest BCUT2D eigenvalue weighted by atomic mass is 16.5. The largest absolute Gasteiger partial charge is 0.458 e. The van der Waals surface area contributed by atoms with Crippen LogP contribution >= 0.6 is 0 Å². The van der Waals surface area contributed by atoms with Gasteiger partial charge in [-0.05, 0) is 31.9 Å². The van der Waals surface area contributed by atoms with Gasteiger partial charge in [0, 0.05) is 62.4 Å². The minimum Gasteiger partial charge on any atom is -0.458 e. The van der Waals surface area contributed by atoms with Crippen LogP contribution in [0.3, 0.4) is 0 Å². The third-order valence-electron chi connectivity index (χ3n) is 7.19. The zero-order valence-corrected chi connectivity index (χ0v) is 21.9. The summed E-state index contributed by atoms with van der Waals surface area (Å²) >= 11 is 0. The van der Waals surface area contributed by atoms with E-state index in [1.807, 2.05) is 24.9 Å². The molecule has 0 saturated carbocycles. The van der Waals surface area contributed by atoms with E-state index in [4.69, 9.17) is 19.2 Å². The third kappa shape index (κ3) is 5.40. The fourth-order valence-electron chi connectivity index (χ4n) is 5.02. The molecule has 0 spiro atoms. The zero-order chi connectivity index (χ0) is 26.0. The maximum absolute atomic E-state index is 13.2. The average Bonchev–Trinajstić information content (AvgIpc) is 3.31. The molecule has 2 saturated heterocycles. The molecule has 2 aromatic heterocycles. The van der Waals surface area contributed by atoms with E-state index in [1.54, 1.807) is 13.3 Å². The van der Waals surface area contributed by atoms with E-state index in [1.165, 1.54) is 0 Å². The van der Waals surface area contributed by atoms with Crippen LogP contribution in [0.1, 0.15) is 38.3 Å². The predicted molar refractivity (Wildman–Crippen MR) is 138 cm³/mol. The summed E-state index contributed by atoms with van der Waals surface area (Å²) < 4.78 is 16.5. The van der Waals surface area contributed by atoms with E-state index < -0.39 is 6.17 Å². The van der Waals surface area contributed by atoms with Crippen LogP contribution < -0.4 is 5.32 Å². The molecule has 12 nitrogen and oxygen atoms in total. The van der Waals surface area contributed by atoms with Gasteiger partial charge in [-0.25, -0.2) is 4.98 Å². The SMILES string of the molecule is COC[C@@H](C)OC1=NC(C(=O)NCC2(C)COC2)N(C)C(N2CCC(c3[nH]nc4ncccc34)CC2)=N1. The van der Waals surface area contributed by atoms with Crippen LogP contribution in [-0.4, -0.2) is 109 Å². The average molecular weight is 513 g/mol. The van der Waals surface area contributed by atoms with Gasteiger partial charge in [0.15, 0.2) is 5.65 Å². The Morgan fingerprint density at radius 1 is 1.35 bits per heavy atom. The van der Waals surface area contributed by atoms with Crippen LogP contribution in [0.5, 0.6) is 0 Å². The van der Waals surface area contributed by atoms with Gasteiger partial charge in [-0.15, -0.1) is 0 Å². The van der Waals surface area contributed by atoms with Crippen molar-refractivity contribution in [3.63, 3.8) is 0 Å². The van der Waals surface area contributed by atoms with Crippen molar-refractivity contribution in [3.8, 4) is 0 Å². The first-order valence-electron chi connectivity index (χ1n) is 12.8. The molecule has 12 heteroatoms. The number of likely N-dealkylation sites (tertiary alicyclic amines) is 1. The second-order valence-electron chi connectivity index (χ2n) is 10.5. The normalized spacial score (nSPS) is 22.8. The van der Waals surface area contributed by atoms with Gasteiger partial charge < -0.3 is 29.3 Å². The molecular formula is C25H36N8O4. The highest BCUT2D eigenvalue weighted by Crippen LogP contribution is 2.32. The maximum atomic E-state index is 13.2. The van der Waals surface area contributed by atoms with Gasteiger partial charge in [-0.3, -0.25) is 9.89 Å². The molecule has 5 heterocycles. The Hall–Kier alpha value is -3.25. The van der Waals surface area contributed by atoms with Crippen molar-refractivity contribution >= 4 is 28.9 Å². The number of rotatable bonds is 7. The number of piperidine rings is 1. The maximum Gasteiger partial charge on any atom is 0.317 e. The van der Waals surface area contributed by atoms with Gasteiger partial charge in [-0.2, -0.15) is 15.1 Å². The summed E-state index contributed by atoms with van der Waals surface area (Å²) in [6.45, 7) is 7.76. The van der Waals surface area contributed by atoms with Crippen molar-refractivity contribution in [2.24, 2.45) is 15.4 Å². The number of aliphatic imine (C=N–C) groups is 2. The fraction of sp³-hybridized carbons (Fsp3) is 0.640. The highest BCUT2D eigenvalue weighted by Gasteiger charge is 2.38. The standard InChI is InChI=1S/C25H36N8O4/c1-16(12-35-4)37-23-28-21(22(34)27-13-25(2)14-36-15-25)32(3)24(29-23)33-10-7-17(8-11-33)19-18-6-5-9-26-20(18)31-30-19/h5-6,9,16-17,21H,7-8,10-15H2,1-4H3,(H,27,34)(H,26,30,31)/t16-,21?/m1/s1. The molecular weight excluding hydrogens is 476 g/mol. The molecule has 2 atom stereocenters. The van der Waals surface area contributed by atoms with Crippen LogP contribution in [0.15, 0.2) is 28.3 Å². The molecule has 1 unspecified atom stereocenters. The highest BCUT2D eigenvalue weighted by molar-refractivity contribution is 5.99. The van der Waals surface area contributed by atoms with Gasteiger partial charge in [0.2, 0.25) is 12.1 Å². The van der Waals surface area contributed by atoms with E-state index in [9.17, 15) is 4.79 Å². The number of nitrogens with zero attached hydrogens (tertiary/aromatic N) is 6. The number of amidine groups is 1. The quantitative estimate of drug-likeness (QED) is 0.568. The van der Waals surface area contributed by atoms with Crippen LogP contribution in [0.4, 0.5) is 0 Å². The van der Waals surface area contributed by atoms with Crippen molar-refractivity contribution in [2.75, 3.05) is 53.6 Å². The van der Waals surface area contributed by atoms with E-state index in [0.717, 1.165) is 42.7 Å². The van der Waals surface area contributed by atoms with Gasteiger partial charge in [0.25, 0.3) is 5.91 Å². The fourth-order valence-corrected chi connectivity index (χ4v) is 5.02. The number of aromatic nitrogens is 3. The summed E-state index contributed by atoms with van der Waals surface area (Å²) in [6.07, 6.45) is 2.57. The Morgan fingerprint density at radius 3 is 2.84 bits per heavy atom. The monoisotopic (exact) mass is 512 g/mol. The number of fused-ring (bicyclic) bond motifs is 1. The number of pyridine rings is 1. The zero-order valence-electron chi connectivity index (χ0n) is 21.9. The molecule has 37 heavy (non-hydrogen) atoms. The van der Waals surface area contributed by atoms with Crippen LogP contribution in [0.25, 0.3) is 11.0 Å². The molecule has 3 aliphatic rings. The molecule has 2 N–H and O–H groups in total. The number of amides is 1. The smallest absolute Gasteiger partial charge is 0.317 e. The van der Waals surface area contributed by atoms with E-state index in [2.05, 4.69) is 43.4 Å². The lowest BCUT2D eigenvalue weighted by Gasteiger charge is -2.41. The summed E-state index contributed by atoms with van der Waals surface area (Å²) in [6, 6.07) is 4.20. The molecule has 200 valence electrons. The molecule has 0 aliphatic carbocycles. The number of methoxy groups -OCH3 is 1. The Kier molecular flexibility index (Phi) is 7.29. The Bertz CT molecular complexity index is 1170. The summed E-state index contributed by atoms with van der Waals surface area (Å²) in [7, 11) is 3.48. The minimum atomic E-state index is -0.776. The van der Waals surface area contributed by atoms with Gasteiger partial charge in [0.05, 0.1) is 19.8 Å². The molecule has 1 amide bonds. The lowest BCUT2D eigenvalue weighted by molar-refractivity contribution is -0.130. The lowest BCUT2D eigenvalue weighted by Crippen LogP contribution is -2.57. The minimum absolute atomic E-state index is 0.0376. The summed E-state index contributed by atoms with van der Waals surface area (Å²) in [5.74, 6) is 0.841. The van der Waals surface area contributed by atoms with Crippen LogP contribution in [-0.2, 0) is 19.0 Å². The number of likely N-dealkylation sites (N-methyl/N-ethyl adjacent to an activating group) is 1. The molecule has 0 bridgehead atoms. The Balaban J connectivity index is 1.30. The molecule has 2 fully saturated rings. The van der Waals surface area contributed by atoms with Crippen molar-refractivity contribution in [1.82, 2.24) is 30.3 Å². The van der Waals surface area contributed by atoms with Gasteiger partial charge in [-0.1, -0.05) is 6.92 Å². The Labute approximate surface area is 216 Å². The topological polar surface area (TPSA) is 130 Å².